The van der Waals surface area contributed by atoms with Crippen molar-refractivity contribution in [3.63, 3.8) is 0 Å². The van der Waals surface area contributed by atoms with E-state index in [2.05, 4.69) is 15.3 Å². The predicted molar refractivity (Wildman–Crippen MR) is 68.3 cm³/mol. The molecule has 0 unspecified atom stereocenters. The summed E-state index contributed by atoms with van der Waals surface area (Å²) in [6.45, 7) is 1.96. The number of piperidine rings is 1. The van der Waals surface area contributed by atoms with Crippen LogP contribution in [0.2, 0.25) is 0 Å². The molecule has 1 aromatic rings. The predicted octanol–water partition coefficient (Wildman–Crippen LogP) is 1.49. The van der Waals surface area contributed by atoms with E-state index in [0.29, 0.717) is 5.92 Å². The summed E-state index contributed by atoms with van der Waals surface area (Å²) in [6, 6.07) is 0. The zero-order valence-electron chi connectivity index (χ0n) is 9.13. The average Bonchev–Trinajstić information content (AvgIpc) is 2.30. The standard InChI is InChI=1S/C10H13N3O2.2ClH/c14-10(15)8-5-12-9(13-6-8)7-1-3-11-4-2-7;;/h5-7,11H,1-4H2,(H,14,15);2*1H. The van der Waals surface area contributed by atoms with E-state index in [1.807, 2.05) is 0 Å². The van der Waals surface area contributed by atoms with Gasteiger partial charge in [-0.3, -0.25) is 0 Å². The SMILES string of the molecule is Cl.Cl.O=C(O)c1cnc(C2CCNCC2)nc1. The fraction of sp³-hybridized carbons (Fsp3) is 0.500. The van der Waals surface area contributed by atoms with E-state index in [0.717, 1.165) is 31.8 Å². The van der Waals surface area contributed by atoms with Crippen LogP contribution in [0.1, 0.15) is 34.9 Å². The van der Waals surface area contributed by atoms with E-state index in [4.69, 9.17) is 5.11 Å². The van der Waals surface area contributed by atoms with Gasteiger partial charge in [0.1, 0.15) is 5.82 Å². The van der Waals surface area contributed by atoms with E-state index >= 15 is 0 Å². The Morgan fingerprint density at radius 2 is 1.76 bits per heavy atom. The Labute approximate surface area is 112 Å². The topological polar surface area (TPSA) is 75.1 Å². The number of hydrogen-bond donors (Lipinski definition) is 2. The first-order chi connectivity index (χ1) is 7.27. The van der Waals surface area contributed by atoms with Crippen molar-refractivity contribution in [2.75, 3.05) is 13.1 Å². The number of rotatable bonds is 2. The Morgan fingerprint density at radius 3 is 2.24 bits per heavy atom. The first-order valence-corrected chi connectivity index (χ1v) is 5.03. The van der Waals surface area contributed by atoms with Gasteiger partial charge < -0.3 is 10.4 Å². The molecule has 0 saturated carbocycles. The van der Waals surface area contributed by atoms with Gasteiger partial charge in [-0.15, -0.1) is 24.8 Å². The Morgan fingerprint density at radius 1 is 1.24 bits per heavy atom. The lowest BCUT2D eigenvalue weighted by Crippen LogP contribution is -2.27. The third-order valence-corrected chi connectivity index (χ3v) is 2.62. The maximum atomic E-state index is 10.6. The number of hydrogen-bond acceptors (Lipinski definition) is 4. The van der Waals surface area contributed by atoms with Gasteiger partial charge in [0.05, 0.1) is 5.56 Å². The van der Waals surface area contributed by atoms with Gasteiger partial charge in [-0.05, 0) is 25.9 Å². The van der Waals surface area contributed by atoms with Crippen molar-refractivity contribution in [1.29, 1.82) is 0 Å². The van der Waals surface area contributed by atoms with Gasteiger partial charge in [0.15, 0.2) is 0 Å². The fourth-order valence-electron chi connectivity index (χ4n) is 1.74. The molecular formula is C10H15Cl2N3O2. The summed E-state index contributed by atoms with van der Waals surface area (Å²) in [7, 11) is 0. The van der Waals surface area contributed by atoms with Crippen LogP contribution >= 0.6 is 24.8 Å². The summed E-state index contributed by atoms with van der Waals surface area (Å²) in [5.74, 6) is 0.155. The molecule has 0 aliphatic carbocycles. The van der Waals surface area contributed by atoms with Gasteiger partial charge in [0.2, 0.25) is 0 Å². The molecule has 0 spiro atoms. The van der Waals surface area contributed by atoms with Crippen LogP contribution in [-0.4, -0.2) is 34.1 Å². The number of halogens is 2. The first-order valence-electron chi connectivity index (χ1n) is 5.03. The summed E-state index contributed by atoms with van der Waals surface area (Å²) < 4.78 is 0. The van der Waals surface area contributed by atoms with Gasteiger partial charge in [-0.2, -0.15) is 0 Å². The normalized spacial score (nSPS) is 15.5. The van der Waals surface area contributed by atoms with E-state index in [1.54, 1.807) is 0 Å². The highest BCUT2D eigenvalue weighted by Gasteiger charge is 2.17. The zero-order chi connectivity index (χ0) is 10.7. The molecule has 0 amide bonds. The van der Waals surface area contributed by atoms with Gasteiger partial charge in [-0.25, -0.2) is 14.8 Å². The van der Waals surface area contributed by atoms with Crippen LogP contribution in [0.15, 0.2) is 12.4 Å². The summed E-state index contributed by atoms with van der Waals surface area (Å²) in [5.41, 5.74) is 0.146. The summed E-state index contributed by atoms with van der Waals surface area (Å²) in [4.78, 5) is 18.8. The quantitative estimate of drug-likeness (QED) is 0.858. The minimum atomic E-state index is -0.980. The maximum Gasteiger partial charge on any atom is 0.338 e. The molecule has 96 valence electrons. The van der Waals surface area contributed by atoms with Crippen molar-refractivity contribution in [2.24, 2.45) is 0 Å². The largest absolute Gasteiger partial charge is 0.478 e. The molecule has 0 atom stereocenters. The number of aromatic nitrogens is 2. The highest BCUT2D eigenvalue weighted by Crippen LogP contribution is 2.21. The molecule has 7 heteroatoms. The van der Waals surface area contributed by atoms with Crippen LogP contribution in [0.25, 0.3) is 0 Å². The van der Waals surface area contributed by atoms with Crippen molar-refractivity contribution < 1.29 is 9.90 Å². The molecule has 2 rings (SSSR count). The minimum Gasteiger partial charge on any atom is -0.478 e. The third kappa shape index (κ3) is 4.11. The minimum absolute atomic E-state index is 0. The lowest BCUT2D eigenvalue weighted by atomic mass is 9.97. The van der Waals surface area contributed by atoms with Crippen molar-refractivity contribution in [2.45, 2.75) is 18.8 Å². The molecular weight excluding hydrogens is 265 g/mol. The number of carboxylic acids is 1. The number of nitrogens with one attached hydrogen (secondary N) is 1. The second-order valence-corrected chi connectivity index (χ2v) is 3.66. The lowest BCUT2D eigenvalue weighted by Gasteiger charge is -2.20. The van der Waals surface area contributed by atoms with E-state index in [-0.39, 0.29) is 30.4 Å². The van der Waals surface area contributed by atoms with Crippen LogP contribution in [0.3, 0.4) is 0 Å². The molecule has 5 nitrogen and oxygen atoms in total. The monoisotopic (exact) mass is 279 g/mol. The second-order valence-electron chi connectivity index (χ2n) is 3.66. The number of carboxylic acid groups (broad SMARTS) is 1. The molecule has 1 saturated heterocycles. The van der Waals surface area contributed by atoms with E-state index < -0.39 is 5.97 Å². The highest BCUT2D eigenvalue weighted by atomic mass is 35.5. The molecule has 1 fully saturated rings. The van der Waals surface area contributed by atoms with Gasteiger partial charge in [0, 0.05) is 18.3 Å². The van der Waals surface area contributed by atoms with E-state index in [9.17, 15) is 4.79 Å². The summed E-state index contributed by atoms with van der Waals surface area (Å²) in [5, 5.41) is 12.0. The van der Waals surface area contributed by atoms with Crippen molar-refractivity contribution in [3.8, 4) is 0 Å². The smallest absolute Gasteiger partial charge is 0.338 e. The second kappa shape index (κ2) is 7.42. The van der Waals surface area contributed by atoms with Gasteiger partial charge >= 0.3 is 5.97 Å². The van der Waals surface area contributed by atoms with Crippen LogP contribution in [0, 0.1) is 0 Å². The Hall–Kier alpha value is -0.910. The molecule has 0 aromatic carbocycles. The Bertz CT molecular complexity index is 353. The molecule has 1 aromatic heterocycles. The average molecular weight is 280 g/mol. The lowest BCUT2D eigenvalue weighted by molar-refractivity contribution is 0.0696. The molecule has 17 heavy (non-hydrogen) atoms. The molecule has 1 aliphatic heterocycles. The van der Waals surface area contributed by atoms with Crippen LogP contribution in [-0.2, 0) is 0 Å². The number of carbonyl (C=O) groups is 1. The molecule has 2 N–H and O–H groups in total. The molecule has 1 aliphatic rings. The zero-order valence-corrected chi connectivity index (χ0v) is 10.8. The van der Waals surface area contributed by atoms with E-state index in [1.165, 1.54) is 12.4 Å². The van der Waals surface area contributed by atoms with Crippen molar-refractivity contribution in [1.82, 2.24) is 15.3 Å². The molecule has 2 heterocycles. The summed E-state index contributed by atoms with van der Waals surface area (Å²) in [6.07, 6.45) is 4.80. The maximum absolute atomic E-state index is 10.6. The molecule has 0 bridgehead atoms. The Balaban J connectivity index is 0.00000128. The molecule has 0 radical (unpaired) electrons. The number of nitrogens with zero attached hydrogens (tertiary/aromatic N) is 2. The number of aromatic carboxylic acids is 1. The Kier molecular flexibility index (Phi) is 7.03. The summed E-state index contributed by atoms with van der Waals surface area (Å²) >= 11 is 0. The van der Waals surface area contributed by atoms with Gasteiger partial charge in [-0.1, -0.05) is 0 Å². The van der Waals surface area contributed by atoms with Crippen LogP contribution in [0.4, 0.5) is 0 Å². The fourth-order valence-corrected chi connectivity index (χ4v) is 1.74. The van der Waals surface area contributed by atoms with Crippen molar-refractivity contribution >= 4 is 30.8 Å². The van der Waals surface area contributed by atoms with Gasteiger partial charge in [0.25, 0.3) is 0 Å². The van der Waals surface area contributed by atoms with Crippen LogP contribution in [0.5, 0.6) is 0 Å². The highest BCUT2D eigenvalue weighted by molar-refractivity contribution is 5.86. The van der Waals surface area contributed by atoms with Crippen LogP contribution < -0.4 is 5.32 Å². The first kappa shape index (κ1) is 16.1. The van der Waals surface area contributed by atoms with Crippen molar-refractivity contribution in [3.05, 3.63) is 23.8 Å². The third-order valence-electron chi connectivity index (χ3n) is 2.62.